The second kappa shape index (κ2) is 8.52. The summed E-state index contributed by atoms with van der Waals surface area (Å²) >= 11 is 0. The Kier molecular flexibility index (Phi) is 5.79. The van der Waals surface area contributed by atoms with E-state index in [1.54, 1.807) is 31.1 Å². The molecule has 2 amide bonds. The third kappa shape index (κ3) is 3.60. The van der Waals surface area contributed by atoms with Gasteiger partial charge in [-0.2, -0.15) is 5.26 Å². The predicted molar refractivity (Wildman–Crippen MR) is 117 cm³/mol. The van der Waals surface area contributed by atoms with Crippen LogP contribution in [0.15, 0.2) is 48.5 Å². The number of hydrogen-bond acceptors (Lipinski definition) is 4. The molecule has 1 saturated carbocycles. The lowest BCUT2D eigenvalue weighted by Gasteiger charge is -2.53. The minimum atomic E-state index is -0.582. The molecule has 0 aromatic heterocycles. The van der Waals surface area contributed by atoms with Gasteiger partial charge in [-0.15, -0.1) is 0 Å². The van der Waals surface area contributed by atoms with Gasteiger partial charge in [0.1, 0.15) is 6.04 Å². The minimum Gasteiger partial charge on any atom is -0.394 e. The summed E-state index contributed by atoms with van der Waals surface area (Å²) in [6.45, 7) is -0.175. The molecule has 2 aromatic rings. The zero-order chi connectivity index (χ0) is 22.1. The highest BCUT2D eigenvalue weighted by molar-refractivity contribution is 5.94. The van der Waals surface area contributed by atoms with E-state index in [1.165, 1.54) is 4.90 Å². The summed E-state index contributed by atoms with van der Waals surface area (Å²) in [5.41, 5.74) is 3.43. The molecule has 1 saturated heterocycles. The largest absolute Gasteiger partial charge is 0.394 e. The van der Waals surface area contributed by atoms with Gasteiger partial charge in [-0.25, -0.2) is 0 Å². The summed E-state index contributed by atoms with van der Waals surface area (Å²) in [6.07, 6.45) is 2.78. The molecule has 160 valence electrons. The minimum absolute atomic E-state index is 0.00266. The van der Waals surface area contributed by atoms with Gasteiger partial charge >= 0.3 is 0 Å². The predicted octanol–water partition coefficient (Wildman–Crippen LogP) is 3.03. The maximum Gasteiger partial charge on any atom is 0.253 e. The van der Waals surface area contributed by atoms with E-state index in [4.69, 9.17) is 0 Å². The molecule has 0 bridgehead atoms. The number of benzene rings is 2. The number of aliphatic hydroxyl groups is 1. The van der Waals surface area contributed by atoms with Gasteiger partial charge in [0, 0.05) is 31.5 Å². The summed E-state index contributed by atoms with van der Waals surface area (Å²) in [5, 5.41) is 20.0. The van der Waals surface area contributed by atoms with Gasteiger partial charge in [-0.1, -0.05) is 42.8 Å². The van der Waals surface area contributed by atoms with E-state index < -0.39 is 12.1 Å². The molecule has 0 radical (unpaired) electrons. The van der Waals surface area contributed by atoms with Crippen LogP contribution < -0.4 is 0 Å². The number of hydrogen-bond donors (Lipinski definition) is 1. The average Bonchev–Trinajstić information content (AvgIpc) is 2.72. The molecule has 1 heterocycles. The van der Waals surface area contributed by atoms with Crippen LogP contribution in [0.5, 0.6) is 0 Å². The first-order chi connectivity index (χ1) is 15.0. The second-order valence-electron chi connectivity index (χ2n) is 8.59. The normalized spacial score (nSPS) is 22.8. The monoisotopic (exact) mass is 417 g/mol. The van der Waals surface area contributed by atoms with Gasteiger partial charge in [0.2, 0.25) is 5.91 Å². The lowest BCUT2D eigenvalue weighted by molar-refractivity contribution is -0.154. The summed E-state index contributed by atoms with van der Waals surface area (Å²) in [7, 11) is 3.44. The van der Waals surface area contributed by atoms with Crippen LogP contribution in [0.25, 0.3) is 11.1 Å². The van der Waals surface area contributed by atoms with Crippen LogP contribution in [0, 0.1) is 17.2 Å². The van der Waals surface area contributed by atoms with Crippen molar-refractivity contribution in [2.75, 3.05) is 20.7 Å². The highest BCUT2D eigenvalue weighted by atomic mass is 16.3. The molecule has 31 heavy (non-hydrogen) atoms. The van der Waals surface area contributed by atoms with Crippen LogP contribution >= 0.6 is 0 Å². The van der Waals surface area contributed by atoms with Crippen molar-refractivity contribution in [1.29, 1.82) is 5.26 Å². The van der Waals surface area contributed by atoms with Crippen LogP contribution in [-0.2, 0) is 4.79 Å². The molecule has 0 spiro atoms. The second-order valence-corrected chi connectivity index (χ2v) is 8.59. The molecule has 1 N–H and O–H groups in total. The van der Waals surface area contributed by atoms with Gasteiger partial charge in [-0.3, -0.25) is 9.59 Å². The van der Waals surface area contributed by atoms with Gasteiger partial charge in [0.05, 0.1) is 18.7 Å². The standard InChI is InChI=1S/C25H27N3O3/c1-27(2)24(30)18-12-10-16(11-13-18)19-8-3-4-9-20(19)23-21(14-26)28(22(23)15-29)25(31)17-6-5-7-17/h3-4,8-13,17,21-23,29H,5-7,15H2,1-2H3/t21-,22-,23-/m1/s1. The molecule has 2 fully saturated rings. The third-order valence-electron chi connectivity index (χ3n) is 6.61. The first-order valence-corrected chi connectivity index (χ1v) is 10.7. The number of likely N-dealkylation sites (tertiary alicyclic amines) is 1. The van der Waals surface area contributed by atoms with E-state index in [0.717, 1.165) is 36.0 Å². The summed E-state index contributed by atoms with van der Waals surface area (Å²) in [6, 6.07) is 16.5. The molecule has 4 rings (SSSR count). The maximum absolute atomic E-state index is 12.9. The molecule has 1 aliphatic carbocycles. The summed E-state index contributed by atoms with van der Waals surface area (Å²) in [4.78, 5) is 28.2. The molecule has 2 aliphatic rings. The van der Waals surface area contributed by atoms with Crippen molar-refractivity contribution in [1.82, 2.24) is 9.80 Å². The van der Waals surface area contributed by atoms with Gasteiger partial charge in [-0.05, 0) is 41.7 Å². The van der Waals surface area contributed by atoms with Crippen LogP contribution in [-0.4, -0.2) is 59.5 Å². The van der Waals surface area contributed by atoms with Crippen molar-refractivity contribution in [3.63, 3.8) is 0 Å². The molecular formula is C25H27N3O3. The SMILES string of the molecule is CN(C)C(=O)c1ccc(-c2ccccc2[C@@H]2[C@@H](C#N)N(C(=O)C3CCC3)[C@@H]2CO)cc1. The number of carbonyl (C=O) groups is 2. The Morgan fingerprint density at radius 2 is 1.81 bits per heavy atom. The molecule has 2 aromatic carbocycles. The number of nitrogens with zero attached hydrogens (tertiary/aromatic N) is 3. The first-order valence-electron chi connectivity index (χ1n) is 10.7. The Morgan fingerprint density at radius 1 is 1.13 bits per heavy atom. The third-order valence-corrected chi connectivity index (χ3v) is 6.61. The fourth-order valence-corrected chi connectivity index (χ4v) is 4.65. The Hall–Kier alpha value is -3.17. The Balaban J connectivity index is 1.66. The van der Waals surface area contributed by atoms with Crippen molar-refractivity contribution in [2.24, 2.45) is 5.92 Å². The maximum atomic E-state index is 12.9. The number of carbonyl (C=O) groups excluding carboxylic acids is 2. The molecule has 6 nitrogen and oxygen atoms in total. The van der Waals surface area contributed by atoms with Crippen molar-refractivity contribution >= 4 is 11.8 Å². The molecule has 3 atom stereocenters. The van der Waals surface area contributed by atoms with Crippen LogP contribution in [0.2, 0.25) is 0 Å². The first kappa shape index (κ1) is 21.1. The molecular weight excluding hydrogens is 390 g/mol. The van der Waals surface area contributed by atoms with Crippen LogP contribution in [0.4, 0.5) is 0 Å². The van der Waals surface area contributed by atoms with E-state index >= 15 is 0 Å². The Bertz CT molecular complexity index is 1020. The number of amides is 2. The molecule has 1 aliphatic heterocycles. The zero-order valence-electron chi connectivity index (χ0n) is 17.9. The Morgan fingerprint density at radius 3 is 2.35 bits per heavy atom. The Labute approximate surface area is 182 Å². The fraction of sp³-hybridized carbons (Fsp3) is 0.400. The van der Waals surface area contributed by atoms with Gasteiger partial charge in [0.25, 0.3) is 5.91 Å². The van der Waals surface area contributed by atoms with E-state index in [-0.39, 0.29) is 30.3 Å². The quantitative estimate of drug-likeness (QED) is 0.810. The lowest BCUT2D eigenvalue weighted by Crippen LogP contribution is -2.66. The van der Waals surface area contributed by atoms with Gasteiger partial charge < -0.3 is 14.9 Å². The fourth-order valence-electron chi connectivity index (χ4n) is 4.65. The van der Waals surface area contributed by atoms with Gasteiger partial charge in [0.15, 0.2) is 0 Å². The van der Waals surface area contributed by atoms with Crippen LogP contribution in [0.1, 0.15) is 41.1 Å². The topological polar surface area (TPSA) is 84.6 Å². The van der Waals surface area contributed by atoms with E-state index in [1.807, 2.05) is 36.4 Å². The smallest absolute Gasteiger partial charge is 0.253 e. The van der Waals surface area contributed by atoms with Crippen molar-refractivity contribution < 1.29 is 14.7 Å². The molecule has 6 heteroatoms. The molecule has 0 unspecified atom stereocenters. The van der Waals surface area contributed by atoms with Crippen LogP contribution in [0.3, 0.4) is 0 Å². The number of aliphatic hydroxyl groups excluding tert-OH is 1. The summed E-state index contributed by atoms with van der Waals surface area (Å²) in [5.74, 6) is -0.327. The van der Waals surface area contributed by atoms with E-state index in [0.29, 0.717) is 5.56 Å². The van der Waals surface area contributed by atoms with E-state index in [9.17, 15) is 20.0 Å². The average molecular weight is 418 g/mol. The number of nitriles is 1. The van der Waals surface area contributed by atoms with E-state index in [2.05, 4.69) is 6.07 Å². The lowest BCUT2D eigenvalue weighted by atomic mass is 9.71. The highest BCUT2D eigenvalue weighted by Gasteiger charge is 2.53. The zero-order valence-corrected chi connectivity index (χ0v) is 17.9. The highest BCUT2D eigenvalue weighted by Crippen LogP contribution is 2.46. The number of rotatable bonds is 5. The summed E-state index contributed by atoms with van der Waals surface area (Å²) < 4.78 is 0. The van der Waals surface area contributed by atoms with Crippen molar-refractivity contribution in [3.05, 3.63) is 59.7 Å². The van der Waals surface area contributed by atoms with Crippen molar-refractivity contribution in [3.8, 4) is 17.2 Å². The van der Waals surface area contributed by atoms with Crippen molar-refractivity contribution in [2.45, 2.75) is 37.3 Å².